The fourth-order valence-electron chi connectivity index (χ4n) is 1.24. The first-order valence-corrected chi connectivity index (χ1v) is 7.23. The third kappa shape index (κ3) is 4.67. The molecule has 0 amide bonds. The summed E-state index contributed by atoms with van der Waals surface area (Å²) in [7, 11) is -1.03. The smallest absolute Gasteiger partial charge is 0.384 e. The van der Waals surface area contributed by atoms with Gasteiger partial charge < -0.3 is 5.32 Å². The van der Waals surface area contributed by atoms with Crippen molar-refractivity contribution in [3.8, 4) is 0 Å². The molecule has 7 heteroatoms. The molecule has 0 aliphatic rings. The summed E-state index contributed by atoms with van der Waals surface area (Å²) in [5.74, 6) is 0.309. The topological polar surface area (TPSA) is 29.1 Å². The predicted molar refractivity (Wildman–Crippen MR) is 66.6 cm³/mol. The van der Waals surface area contributed by atoms with Crippen molar-refractivity contribution >= 4 is 32.4 Å². The standard InChI is InChI=1S/C10H11BrF3NOS/c1-17(16)5-4-15-9-6-7(11)2-3-8(9)10(12,13)14/h2-3,6,15H,4-5H2,1H3. The van der Waals surface area contributed by atoms with Crippen LogP contribution in [-0.4, -0.2) is 22.8 Å². The van der Waals surface area contributed by atoms with E-state index in [1.54, 1.807) is 0 Å². The first kappa shape index (κ1) is 14.5. The van der Waals surface area contributed by atoms with E-state index in [-0.39, 0.29) is 12.2 Å². The van der Waals surface area contributed by atoms with Gasteiger partial charge in [-0.15, -0.1) is 0 Å². The Labute approximate surface area is 108 Å². The first-order valence-electron chi connectivity index (χ1n) is 4.71. The molecular weight excluding hydrogens is 319 g/mol. The summed E-state index contributed by atoms with van der Waals surface area (Å²) < 4.78 is 49.3. The van der Waals surface area contributed by atoms with E-state index < -0.39 is 22.5 Å². The Morgan fingerprint density at radius 2 is 2.06 bits per heavy atom. The van der Waals surface area contributed by atoms with E-state index in [4.69, 9.17) is 0 Å². The van der Waals surface area contributed by atoms with E-state index >= 15 is 0 Å². The van der Waals surface area contributed by atoms with Gasteiger partial charge >= 0.3 is 6.18 Å². The number of halogens is 4. The lowest BCUT2D eigenvalue weighted by molar-refractivity contribution is -0.136. The predicted octanol–water partition coefficient (Wildman–Crippen LogP) is 3.26. The molecule has 0 heterocycles. The average molecular weight is 330 g/mol. The number of nitrogens with one attached hydrogen (secondary N) is 1. The molecule has 0 aliphatic heterocycles. The summed E-state index contributed by atoms with van der Waals surface area (Å²) in [6.45, 7) is 0.239. The molecule has 1 aromatic rings. The first-order chi connectivity index (χ1) is 7.80. The van der Waals surface area contributed by atoms with E-state index in [0.717, 1.165) is 6.07 Å². The molecule has 1 unspecified atom stereocenters. The number of anilines is 1. The normalized spacial score (nSPS) is 13.5. The lowest BCUT2D eigenvalue weighted by Gasteiger charge is -2.14. The molecule has 1 atom stereocenters. The third-order valence-corrected chi connectivity index (χ3v) is 3.26. The Morgan fingerprint density at radius 1 is 1.41 bits per heavy atom. The van der Waals surface area contributed by atoms with Crippen LogP contribution in [0.2, 0.25) is 0 Å². The summed E-state index contributed by atoms with van der Waals surface area (Å²) in [5, 5.41) is 2.65. The van der Waals surface area contributed by atoms with E-state index in [0.29, 0.717) is 10.2 Å². The zero-order valence-corrected chi connectivity index (χ0v) is 11.4. The minimum absolute atomic E-state index is 0.00248. The van der Waals surface area contributed by atoms with Gasteiger partial charge in [0, 0.05) is 39.5 Å². The molecule has 1 N–H and O–H groups in total. The van der Waals surface area contributed by atoms with Crippen molar-refractivity contribution in [3.63, 3.8) is 0 Å². The van der Waals surface area contributed by atoms with Gasteiger partial charge in [0.2, 0.25) is 0 Å². The van der Waals surface area contributed by atoms with Crippen LogP contribution in [0, 0.1) is 0 Å². The zero-order chi connectivity index (χ0) is 13.1. The van der Waals surface area contributed by atoms with Crippen LogP contribution in [0.25, 0.3) is 0 Å². The monoisotopic (exact) mass is 329 g/mol. The summed E-state index contributed by atoms with van der Waals surface area (Å²) >= 11 is 3.12. The highest BCUT2D eigenvalue weighted by Crippen LogP contribution is 2.36. The number of benzene rings is 1. The average Bonchev–Trinajstić information content (AvgIpc) is 2.15. The number of rotatable bonds is 4. The maximum Gasteiger partial charge on any atom is 0.418 e. The van der Waals surface area contributed by atoms with Crippen molar-refractivity contribution in [2.24, 2.45) is 0 Å². The van der Waals surface area contributed by atoms with Crippen molar-refractivity contribution in [1.82, 2.24) is 0 Å². The van der Waals surface area contributed by atoms with Gasteiger partial charge in [-0.05, 0) is 18.2 Å². The molecule has 1 aromatic carbocycles. The number of hydrogen-bond acceptors (Lipinski definition) is 2. The summed E-state index contributed by atoms with van der Waals surface area (Å²) in [4.78, 5) is 0. The molecule has 0 aliphatic carbocycles. The molecule has 0 saturated carbocycles. The zero-order valence-electron chi connectivity index (χ0n) is 8.97. The largest absolute Gasteiger partial charge is 0.418 e. The molecule has 0 fully saturated rings. The quantitative estimate of drug-likeness (QED) is 0.918. The van der Waals surface area contributed by atoms with E-state index in [9.17, 15) is 17.4 Å². The van der Waals surface area contributed by atoms with Crippen LogP contribution in [0.3, 0.4) is 0 Å². The Morgan fingerprint density at radius 3 is 2.59 bits per heavy atom. The highest BCUT2D eigenvalue weighted by Gasteiger charge is 2.33. The van der Waals surface area contributed by atoms with Gasteiger partial charge in [0.1, 0.15) is 0 Å². The highest BCUT2D eigenvalue weighted by atomic mass is 79.9. The molecule has 0 bridgehead atoms. The molecule has 0 saturated heterocycles. The third-order valence-electron chi connectivity index (χ3n) is 1.99. The van der Waals surface area contributed by atoms with Crippen molar-refractivity contribution in [3.05, 3.63) is 28.2 Å². The Kier molecular flexibility index (Phi) is 5.00. The van der Waals surface area contributed by atoms with Crippen LogP contribution in [0.5, 0.6) is 0 Å². The maximum absolute atomic E-state index is 12.7. The minimum Gasteiger partial charge on any atom is -0.384 e. The fourth-order valence-corrected chi connectivity index (χ4v) is 1.99. The lowest BCUT2D eigenvalue weighted by atomic mass is 10.1. The van der Waals surface area contributed by atoms with Gasteiger partial charge in [-0.1, -0.05) is 15.9 Å². The van der Waals surface area contributed by atoms with E-state index in [2.05, 4.69) is 21.2 Å². The molecular formula is C10H11BrF3NOS. The molecule has 0 radical (unpaired) electrons. The van der Waals surface area contributed by atoms with E-state index in [1.807, 2.05) is 0 Å². The number of alkyl halides is 3. The van der Waals surface area contributed by atoms with Crippen molar-refractivity contribution in [1.29, 1.82) is 0 Å². The highest BCUT2D eigenvalue weighted by molar-refractivity contribution is 9.10. The Balaban J connectivity index is 2.88. The van der Waals surface area contributed by atoms with Crippen LogP contribution in [0.4, 0.5) is 18.9 Å². The van der Waals surface area contributed by atoms with Crippen LogP contribution < -0.4 is 5.32 Å². The van der Waals surface area contributed by atoms with Crippen LogP contribution in [0.1, 0.15) is 5.56 Å². The van der Waals surface area contributed by atoms with Gasteiger partial charge in [0.25, 0.3) is 0 Å². The van der Waals surface area contributed by atoms with Gasteiger partial charge in [-0.25, -0.2) is 0 Å². The molecule has 17 heavy (non-hydrogen) atoms. The van der Waals surface area contributed by atoms with Crippen molar-refractivity contribution in [2.75, 3.05) is 23.9 Å². The van der Waals surface area contributed by atoms with E-state index in [1.165, 1.54) is 18.4 Å². The van der Waals surface area contributed by atoms with Gasteiger partial charge in [0.05, 0.1) is 5.56 Å². The molecule has 1 rings (SSSR count). The summed E-state index contributed by atoms with van der Waals surface area (Å²) in [5.41, 5.74) is -0.722. The lowest BCUT2D eigenvalue weighted by Crippen LogP contribution is -2.14. The molecule has 96 valence electrons. The van der Waals surface area contributed by atoms with Gasteiger partial charge in [0.15, 0.2) is 0 Å². The number of hydrogen-bond donors (Lipinski definition) is 1. The Bertz CT molecular complexity index is 423. The van der Waals surface area contributed by atoms with Crippen LogP contribution in [0.15, 0.2) is 22.7 Å². The second-order valence-corrected chi connectivity index (χ2v) is 5.86. The SMILES string of the molecule is CS(=O)CCNc1cc(Br)ccc1C(F)(F)F. The second-order valence-electron chi connectivity index (χ2n) is 3.39. The second kappa shape index (κ2) is 5.86. The van der Waals surface area contributed by atoms with Gasteiger partial charge in [-0.3, -0.25) is 4.21 Å². The Hall–Kier alpha value is -0.560. The van der Waals surface area contributed by atoms with Crippen LogP contribution >= 0.6 is 15.9 Å². The summed E-state index contributed by atoms with van der Waals surface area (Å²) in [6.07, 6.45) is -2.89. The van der Waals surface area contributed by atoms with Crippen LogP contribution in [-0.2, 0) is 17.0 Å². The van der Waals surface area contributed by atoms with Crippen molar-refractivity contribution < 1.29 is 17.4 Å². The van der Waals surface area contributed by atoms with Gasteiger partial charge in [-0.2, -0.15) is 13.2 Å². The molecule has 2 nitrogen and oxygen atoms in total. The van der Waals surface area contributed by atoms with Crippen molar-refractivity contribution in [2.45, 2.75) is 6.18 Å². The minimum atomic E-state index is -4.39. The molecule has 0 aromatic heterocycles. The fraction of sp³-hybridized carbons (Fsp3) is 0.400. The molecule has 0 spiro atoms. The summed E-state index contributed by atoms with van der Waals surface area (Å²) in [6, 6.07) is 3.71. The maximum atomic E-state index is 12.7.